The Balaban J connectivity index is 2.03. The zero-order valence-electron chi connectivity index (χ0n) is 10.7. The van der Waals surface area contributed by atoms with Gasteiger partial charge in [0.05, 0.1) is 4.34 Å². The maximum absolute atomic E-state index is 12.2. The average molecular weight is 294 g/mol. The van der Waals surface area contributed by atoms with Crippen LogP contribution in [0.15, 0.2) is 42.5 Å². The second-order valence-electron chi connectivity index (χ2n) is 4.57. The predicted octanol–water partition coefficient (Wildman–Crippen LogP) is 3.85. The van der Waals surface area contributed by atoms with Gasteiger partial charge in [0.25, 0.3) is 0 Å². The number of nitrogens with two attached hydrogens (primary N) is 1. The van der Waals surface area contributed by atoms with Crippen molar-refractivity contribution in [2.24, 2.45) is 11.7 Å². The van der Waals surface area contributed by atoms with E-state index < -0.39 is 0 Å². The Bertz CT molecular complexity index is 552. The van der Waals surface area contributed by atoms with E-state index in [1.54, 1.807) is 0 Å². The predicted molar refractivity (Wildman–Crippen MR) is 80.6 cm³/mol. The fourth-order valence-electron chi connectivity index (χ4n) is 1.94. The summed E-state index contributed by atoms with van der Waals surface area (Å²) in [5.41, 5.74) is 7.15. The molecule has 0 aliphatic carbocycles. The van der Waals surface area contributed by atoms with Gasteiger partial charge in [-0.05, 0) is 17.7 Å². The van der Waals surface area contributed by atoms with Crippen LogP contribution < -0.4 is 5.73 Å². The van der Waals surface area contributed by atoms with Gasteiger partial charge in [-0.15, -0.1) is 11.3 Å². The lowest BCUT2D eigenvalue weighted by molar-refractivity contribution is -0.122. The highest BCUT2D eigenvalue weighted by molar-refractivity contribution is 7.16. The molecule has 2 rings (SSSR count). The third kappa shape index (κ3) is 3.66. The third-order valence-corrected chi connectivity index (χ3v) is 4.44. The SMILES string of the molecule is CC(C(=O)Cc1ccc(Cl)s1)C(N)c1ccccc1. The quantitative estimate of drug-likeness (QED) is 0.910. The van der Waals surface area contributed by atoms with Crippen molar-refractivity contribution in [3.05, 3.63) is 57.2 Å². The third-order valence-electron chi connectivity index (χ3n) is 3.21. The number of hydrogen-bond donors (Lipinski definition) is 1. The summed E-state index contributed by atoms with van der Waals surface area (Å²) in [6.45, 7) is 1.88. The van der Waals surface area contributed by atoms with Gasteiger partial charge < -0.3 is 5.73 Å². The van der Waals surface area contributed by atoms with E-state index >= 15 is 0 Å². The molecule has 0 spiro atoms. The molecule has 2 unspecified atom stereocenters. The fourth-order valence-corrected chi connectivity index (χ4v) is 3.04. The van der Waals surface area contributed by atoms with Crippen LogP contribution in [0.2, 0.25) is 4.34 Å². The molecule has 0 fully saturated rings. The normalized spacial score (nSPS) is 14.1. The van der Waals surface area contributed by atoms with Crippen LogP contribution >= 0.6 is 22.9 Å². The number of carbonyl (C=O) groups is 1. The Morgan fingerprint density at radius 1 is 1.26 bits per heavy atom. The fraction of sp³-hybridized carbons (Fsp3) is 0.267. The van der Waals surface area contributed by atoms with Crippen LogP contribution in [0.3, 0.4) is 0 Å². The van der Waals surface area contributed by atoms with Crippen molar-refractivity contribution >= 4 is 28.7 Å². The number of hydrogen-bond acceptors (Lipinski definition) is 3. The van der Waals surface area contributed by atoms with Crippen LogP contribution in [-0.4, -0.2) is 5.78 Å². The van der Waals surface area contributed by atoms with Crippen molar-refractivity contribution in [3.63, 3.8) is 0 Å². The number of ketones is 1. The first-order valence-corrected chi connectivity index (χ1v) is 7.35. The molecular weight excluding hydrogens is 278 g/mol. The number of thiophene rings is 1. The molecule has 0 aliphatic heterocycles. The van der Waals surface area contributed by atoms with Crippen LogP contribution in [0.25, 0.3) is 0 Å². The first-order chi connectivity index (χ1) is 9.08. The van der Waals surface area contributed by atoms with Gasteiger partial charge in [0, 0.05) is 23.3 Å². The molecule has 2 N–H and O–H groups in total. The van der Waals surface area contributed by atoms with E-state index in [0.29, 0.717) is 10.8 Å². The van der Waals surface area contributed by atoms with Crippen molar-refractivity contribution in [3.8, 4) is 0 Å². The maximum atomic E-state index is 12.2. The highest BCUT2D eigenvalue weighted by atomic mass is 35.5. The van der Waals surface area contributed by atoms with Gasteiger partial charge in [-0.2, -0.15) is 0 Å². The Morgan fingerprint density at radius 3 is 2.53 bits per heavy atom. The van der Waals surface area contributed by atoms with Crippen molar-refractivity contribution in [1.82, 2.24) is 0 Å². The molecule has 0 saturated heterocycles. The molecule has 100 valence electrons. The molecule has 2 atom stereocenters. The first kappa shape index (κ1) is 14.3. The molecule has 0 amide bonds. The minimum atomic E-state index is -0.260. The second-order valence-corrected chi connectivity index (χ2v) is 6.37. The van der Waals surface area contributed by atoms with Gasteiger partial charge in [0.2, 0.25) is 0 Å². The molecule has 1 heterocycles. The van der Waals surface area contributed by atoms with Crippen LogP contribution in [0, 0.1) is 5.92 Å². The largest absolute Gasteiger partial charge is 0.323 e. The Kier molecular flexibility index (Phi) is 4.75. The van der Waals surface area contributed by atoms with E-state index in [2.05, 4.69) is 0 Å². The van der Waals surface area contributed by atoms with Crippen LogP contribution in [0.1, 0.15) is 23.4 Å². The zero-order valence-corrected chi connectivity index (χ0v) is 12.2. The summed E-state index contributed by atoms with van der Waals surface area (Å²) >= 11 is 7.31. The molecule has 0 bridgehead atoms. The summed E-state index contributed by atoms with van der Waals surface area (Å²) in [6, 6.07) is 13.2. The second kappa shape index (κ2) is 6.33. The molecule has 1 aromatic carbocycles. The number of Topliss-reactive ketones (excluding diaryl/α,β-unsaturated/α-hetero) is 1. The van der Waals surface area contributed by atoms with Crippen LogP contribution in [-0.2, 0) is 11.2 Å². The number of rotatable bonds is 5. The van der Waals surface area contributed by atoms with E-state index in [1.807, 2.05) is 49.4 Å². The highest BCUT2D eigenvalue weighted by Gasteiger charge is 2.22. The minimum Gasteiger partial charge on any atom is -0.323 e. The minimum absolute atomic E-state index is 0.148. The van der Waals surface area contributed by atoms with Crippen molar-refractivity contribution in [2.45, 2.75) is 19.4 Å². The molecule has 0 radical (unpaired) electrons. The number of carbonyl (C=O) groups excluding carboxylic acids is 1. The van der Waals surface area contributed by atoms with E-state index in [-0.39, 0.29) is 17.7 Å². The monoisotopic (exact) mass is 293 g/mol. The lowest BCUT2D eigenvalue weighted by Gasteiger charge is -2.18. The summed E-state index contributed by atoms with van der Waals surface area (Å²) in [6.07, 6.45) is 0.402. The van der Waals surface area contributed by atoms with Gasteiger partial charge in [0.15, 0.2) is 0 Å². The maximum Gasteiger partial charge on any atom is 0.142 e. The molecule has 1 aromatic heterocycles. The lowest BCUT2D eigenvalue weighted by Crippen LogP contribution is -2.27. The molecule has 0 saturated carbocycles. The molecule has 2 aromatic rings. The zero-order chi connectivity index (χ0) is 13.8. The molecular formula is C15H16ClNOS. The number of halogens is 1. The lowest BCUT2D eigenvalue weighted by atomic mass is 9.90. The molecule has 19 heavy (non-hydrogen) atoms. The summed E-state index contributed by atoms with van der Waals surface area (Å²) in [4.78, 5) is 13.2. The molecule has 0 aliphatic rings. The van der Waals surface area contributed by atoms with Gasteiger partial charge >= 0.3 is 0 Å². The summed E-state index contributed by atoms with van der Waals surface area (Å²) in [7, 11) is 0. The topological polar surface area (TPSA) is 43.1 Å². The number of benzene rings is 1. The Hall–Kier alpha value is -1.16. The standard InChI is InChI=1S/C15H16ClNOS/c1-10(15(17)11-5-3-2-4-6-11)13(18)9-12-7-8-14(16)19-12/h2-8,10,15H,9,17H2,1H3. The van der Waals surface area contributed by atoms with Gasteiger partial charge in [-0.25, -0.2) is 0 Å². The van der Waals surface area contributed by atoms with E-state index in [1.165, 1.54) is 11.3 Å². The van der Waals surface area contributed by atoms with E-state index in [4.69, 9.17) is 17.3 Å². The van der Waals surface area contributed by atoms with Gasteiger partial charge in [0.1, 0.15) is 5.78 Å². The van der Waals surface area contributed by atoms with Crippen LogP contribution in [0.5, 0.6) is 0 Å². The highest BCUT2D eigenvalue weighted by Crippen LogP contribution is 2.25. The Labute approximate surface area is 122 Å². The Morgan fingerprint density at radius 2 is 1.95 bits per heavy atom. The van der Waals surface area contributed by atoms with Gasteiger partial charge in [-0.1, -0.05) is 48.9 Å². The van der Waals surface area contributed by atoms with Crippen LogP contribution in [0.4, 0.5) is 0 Å². The molecule has 2 nitrogen and oxygen atoms in total. The smallest absolute Gasteiger partial charge is 0.142 e. The van der Waals surface area contributed by atoms with E-state index in [0.717, 1.165) is 10.4 Å². The van der Waals surface area contributed by atoms with E-state index in [9.17, 15) is 4.79 Å². The summed E-state index contributed by atoms with van der Waals surface area (Å²) in [5, 5.41) is 0. The first-order valence-electron chi connectivity index (χ1n) is 6.15. The average Bonchev–Trinajstić information content (AvgIpc) is 2.83. The van der Waals surface area contributed by atoms with Crippen molar-refractivity contribution < 1.29 is 4.79 Å². The van der Waals surface area contributed by atoms with Crippen molar-refractivity contribution in [2.75, 3.05) is 0 Å². The molecule has 4 heteroatoms. The van der Waals surface area contributed by atoms with Crippen molar-refractivity contribution in [1.29, 1.82) is 0 Å². The van der Waals surface area contributed by atoms with Gasteiger partial charge in [-0.3, -0.25) is 4.79 Å². The summed E-state index contributed by atoms with van der Waals surface area (Å²) in [5.74, 6) is -0.0573. The summed E-state index contributed by atoms with van der Waals surface area (Å²) < 4.78 is 0.711.